The van der Waals surface area contributed by atoms with Gasteiger partial charge in [-0.05, 0) is 48.9 Å². The van der Waals surface area contributed by atoms with Crippen molar-refractivity contribution in [2.24, 2.45) is 0 Å². The molecule has 0 spiro atoms. The molecule has 8 heteroatoms. The molecule has 0 unspecified atom stereocenters. The number of methoxy groups -OCH3 is 1. The Labute approximate surface area is 173 Å². The number of nitrogens with zero attached hydrogens (tertiary/aromatic N) is 1. The summed E-state index contributed by atoms with van der Waals surface area (Å²) < 4.78 is 15.8. The van der Waals surface area contributed by atoms with Gasteiger partial charge in [-0.1, -0.05) is 12.0 Å². The molecule has 1 aliphatic heterocycles. The molecule has 0 saturated carbocycles. The summed E-state index contributed by atoms with van der Waals surface area (Å²) in [6.45, 7) is 5.64. The number of benzene rings is 1. The normalized spacial score (nSPS) is 14.7. The second-order valence-electron chi connectivity index (χ2n) is 5.77. The summed E-state index contributed by atoms with van der Waals surface area (Å²) >= 11 is 0.758. The average molecular weight is 415 g/mol. The van der Waals surface area contributed by atoms with Crippen molar-refractivity contribution in [2.45, 2.75) is 13.3 Å². The fourth-order valence-corrected chi connectivity index (χ4v) is 3.43. The van der Waals surface area contributed by atoms with E-state index in [0.29, 0.717) is 30.1 Å². The Balaban J connectivity index is 2.42. The molecule has 1 saturated heterocycles. The topological polar surface area (TPSA) is 82.1 Å². The molecule has 2 rings (SSSR count). The number of imide groups is 1. The van der Waals surface area contributed by atoms with Gasteiger partial charge in [0.2, 0.25) is 0 Å². The van der Waals surface area contributed by atoms with Gasteiger partial charge in [0.1, 0.15) is 13.2 Å². The Morgan fingerprint density at radius 1 is 1.34 bits per heavy atom. The van der Waals surface area contributed by atoms with Crippen molar-refractivity contribution >= 4 is 35.0 Å². The second kappa shape index (κ2) is 10.4. The molecule has 1 fully saturated rings. The smallest absolute Gasteiger partial charge is 0.325 e. The minimum Gasteiger partial charge on any atom is -0.490 e. The van der Waals surface area contributed by atoms with Gasteiger partial charge in [-0.15, -0.1) is 13.0 Å². The van der Waals surface area contributed by atoms with Gasteiger partial charge in [0, 0.05) is 5.56 Å². The average Bonchev–Trinajstić information content (AvgIpc) is 2.95. The summed E-state index contributed by atoms with van der Waals surface area (Å²) in [6.07, 6.45) is 9.07. The number of ether oxygens (including phenoxy) is 3. The highest BCUT2D eigenvalue weighted by molar-refractivity contribution is 8.18. The molecule has 152 valence electrons. The van der Waals surface area contributed by atoms with Crippen molar-refractivity contribution in [2.75, 3.05) is 26.9 Å². The fraction of sp³-hybridized carbons (Fsp3) is 0.286. The zero-order chi connectivity index (χ0) is 21.4. The van der Waals surface area contributed by atoms with Crippen molar-refractivity contribution in [1.29, 1.82) is 0 Å². The Hall–Kier alpha value is -3.18. The van der Waals surface area contributed by atoms with E-state index in [1.807, 2.05) is 13.0 Å². The molecular weight excluding hydrogens is 394 g/mol. The van der Waals surface area contributed by atoms with Gasteiger partial charge >= 0.3 is 5.97 Å². The van der Waals surface area contributed by atoms with E-state index >= 15 is 0 Å². The molecule has 1 aliphatic rings. The van der Waals surface area contributed by atoms with Crippen molar-refractivity contribution in [1.82, 2.24) is 4.90 Å². The Morgan fingerprint density at radius 3 is 2.72 bits per heavy atom. The number of amides is 2. The van der Waals surface area contributed by atoms with Gasteiger partial charge in [0.05, 0.1) is 18.6 Å². The lowest BCUT2D eigenvalue weighted by molar-refractivity contribution is -0.143. The molecule has 0 aliphatic carbocycles. The number of rotatable bonds is 9. The third-order valence-corrected chi connectivity index (χ3v) is 4.71. The van der Waals surface area contributed by atoms with E-state index in [2.05, 4.69) is 17.2 Å². The maximum Gasteiger partial charge on any atom is 0.325 e. The number of allylic oxidation sites excluding steroid dienone is 1. The van der Waals surface area contributed by atoms with Crippen LogP contribution < -0.4 is 9.47 Å². The third-order valence-electron chi connectivity index (χ3n) is 3.80. The molecule has 7 nitrogen and oxygen atoms in total. The number of carbonyl (C=O) groups excluding carboxylic acids is 3. The maximum absolute atomic E-state index is 12.5. The number of thioether (sulfide) groups is 1. The van der Waals surface area contributed by atoms with Gasteiger partial charge in [0.25, 0.3) is 11.1 Å². The van der Waals surface area contributed by atoms with E-state index < -0.39 is 23.7 Å². The SMILES string of the molecule is C#CCOc1c(CC=C)cc(/C=C2/SC(=O)N(CC(=O)OC)C2=O)cc1OCC. The number of esters is 1. The third kappa shape index (κ3) is 5.42. The molecule has 0 N–H and O–H groups in total. The standard InChI is InChI=1S/C21H21NO6S/c1-5-8-15-10-14(11-16(27-7-3)19(15)28-9-6-2)12-17-20(24)22(21(25)29-17)13-18(23)26-4/h2,5,10-12H,1,7-9,13H2,3-4H3/b17-12+. The molecular formula is C21H21NO6S. The monoisotopic (exact) mass is 415 g/mol. The zero-order valence-electron chi connectivity index (χ0n) is 16.2. The van der Waals surface area contributed by atoms with Crippen LogP contribution in [0.1, 0.15) is 18.1 Å². The van der Waals surface area contributed by atoms with Crippen LogP contribution in [0.15, 0.2) is 29.7 Å². The summed E-state index contributed by atoms with van der Waals surface area (Å²) in [6, 6.07) is 3.51. The van der Waals surface area contributed by atoms with E-state index in [4.69, 9.17) is 15.9 Å². The van der Waals surface area contributed by atoms with Crippen LogP contribution in [-0.2, 0) is 20.7 Å². The molecule has 0 atom stereocenters. The Bertz CT molecular complexity index is 899. The number of hydrogen-bond acceptors (Lipinski definition) is 7. The lowest BCUT2D eigenvalue weighted by atomic mass is 10.0. The summed E-state index contributed by atoms with van der Waals surface area (Å²) in [5.41, 5.74) is 1.42. The van der Waals surface area contributed by atoms with Crippen molar-refractivity contribution < 1.29 is 28.6 Å². The van der Waals surface area contributed by atoms with E-state index in [1.165, 1.54) is 7.11 Å². The molecule has 2 amide bonds. The van der Waals surface area contributed by atoms with Crippen LogP contribution in [0.4, 0.5) is 4.79 Å². The van der Waals surface area contributed by atoms with Gasteiger partial charge in [-0.2, -0.15) is 0 Å². The predicted molar refractivity (Wildman–Crippen MR) is 111 cm³/mol. The lowest BCUT2D eigenvalue weighted by Gasteiger charge is -2.15. The molecule has 1 heterocycles. The molecule has 29 heavy (non-hydrogen) atoms. The quantitative estimate of drug-likeness (QED) is 0.265. The molecule has 1 aromatic rings. The molecule has 1 aromatic carbocycles. The Morgan fingerprint density at radius 2 is 2.10 bits per heavy atom. The predicted octanol–water partition coefficient (Wildman–Crippen LogP) is 3.04. The number of hydrogen-bond donors (Lipinski definition) is 0. The molecule has 0 radical (unpaired) electrons. The van der Waals surface area contributed by atoms with Crippen molar-refractivity contribution in [3.05, 3.63) is 40.8 Å². The molecule has 0 aromatic heterocycles. The van der Waals surface area contributed by atoms with Crippen LogP contribution >= 0.6 is 11.8 Å². The highest BCUT2D eigenvalue weighted by atomic mass is 32.2. The van der Waals surface area contributed by atoms with Crippen LogP contribution in [-0.4, -0.2) is 48.9 Å². The highest BCUT2D eigenvalue weighted by Gasteiger charge is 2.36. The van der Waals surface area contributed by atoms with Crippen LogP contribution in [0.5, 0.6) is 11.5 Å². The maximum atomic E-state index is 12.5. The van der Waals surface area contributed by atoms with Crippen molar-refractivity contribution in [3.63, 3.8) is 0 Å². The number of carbonyl (C=O) groups is 3. The lowest BCUT2D eigenvalue weighted by Crippen LogP contribution is -2.34. The van der Waals surface area contributed by atoms with Gasteiger partial charge in [0.15, 0.2) is 11.5 Å². The first-order chi connectivity index (χ1) is 13.9. The summed E-state index contributed by atoms with van der Waals surface area (Å²) in [5.74, 6) is 2.18. The Kier molecular flexibility index (Phi) is 7.92. The minimum absolute atomic E-state index is 0.0793. The van der Waals surface area contributed by atoms with Crippen molar-refractivity contribution in [3.8, 4) is 23.8 Å². The first-order valence-corrected chi connectivity index (χ1v) is 9.55. The molecule has 0 bridgehead atoms. The zero-order valence-corrected chi connectivity index (χ0v) is 17.0. The summed E-state index contributed by atoms with van der Waals surface area (Å²) in [4.78, 5) is 37.1. The summed E-state index contributed by atoms with van der Waals surface area (Å²) in [5, 5.41) is -0.531. The van der Waals surface area contributed by atoms with E-state index in [0.717, 1.165) is 22.2 Å². The van der Waals surface area contributed by atoms with E-state index in [9.17, 15) is 14.4 Å². The fourth-order valence-electron chi connectivity index (χ4n) is 2.60. The largest absolute Gasteiger partial charge is 0.490 e. The first kappa shape index (κ1) is 22.1. The van der Waals surface area contributed by atoms with Crippen LogP contribution in [0, 0.1) is 12.3 Å². The van der Waals surface area contributed by atoms with Gasteiger partial charge in [-0.3, -0.25) is 19.3 Å². The van der Waals surface area contributed by atoms with Crippen LogP contribution in [0.25, 0.3) is 6.08 Å². The van der Waals surface area contributed by atoms with E-state index in [1.54, 1.807) is 18.2 Å². The number of terminal acetylenes is 1. The van der Waals surface area contributed by atoms with Crippen LogP contribution in [0.3, 0.4) is 0 Å². The van der Waals surface area contributed by atoms with Gasteiger partial charge < -0.3 is 14.2 Å². The van der Waals surface area contributed by atoms with Crippen LogP contribution in [0.2, 0.25) is 0 Å². The van der Waals surface area contributed by atoms with E-state index in [-0.39, 0.29) is 11.5 Å². The summed E-state index contributed by atoms with van der Waals surface area (Å²) in [7, 11) is 1.19. The first-order valence-electron chi connectivity index (χ1n) is 8.74. The minimum atomic E-state index is -0.671. The second-order valence-corrected chi connectivity index (χ2v) is 6.76. The highest BCUT2D eigenvalue weighted by Crippen LogP contribution is 2.37. The van der Waals surface area contributed by atoms with Gasteiger partial charge in [-0.25, -0.2) is 0 Å².